The molecule has 1 heterocycles. The largest absolute Gasteiger partial charge is 0.290 e. The first-order valence-electron chi connectivity index (χ1n) is 4.02. The molecule has 0 aromatic rings. The third kappa shape index (κ3) is 2.11. The summed E-state index contributed by atoms with van der Waals surface area (Å²) in [5.41, 5.74) is 0. The van der Waals surface area contributed by atoms with Crippen molar-refractivity contribution in [3.05, 3.63) is 0 Å². The number of likely N-dealkylation sites (tertiary alicyclic amines) is 1. The lowest BCUT2D eigenvalue weighted by Gasteiger charge is -2.34. The van der Waals surface area contributed by atoms with Gasteiger partial charge in [0.25, 0.3) is 0 Å². The van der Waals surface area contributed by atoms with Crippen molar-refractivity contribution in [2.45, 2.75) is 25.8 Å². The predicted molar refractivity (Wildman–Crippen MR) is 48.4 cm³/mol. The second-order valence-electron chi connectivity index (χ2n) is 3.17. The maximum absolute atomic E-state index is 8.69. The zero-order chi connectivity index (χ0) is 8.27. The van der Waals surface area contributed by atoms with Crippen molar-refractivity contribution in [3.63, 3.8) is 0 Å². The summed E-state index contributed by atoms with van der Waals surface area (Å²) in [5.74, 6) is 1.01. The van der Waals surface area contributed by atoms with Crippen LogP contribution in [-0.4, -0.2) is 23.4 Å². The Hall–Kier alpha value is -0.200. The van der Waals surface area contributed by atoms with Crippen LogP contribution in [0, 0.1) is 17.2 Å². The topological polar surface area (TPSA) is 27.0 Å². The lowest BCUT2D eigenvalue weighted by molar-refractivity contribution is 0.165. The highest BCUT2D eigenvalue weighted by atomic mass is 32.1. The van der Waals surface area contributed by atoms with Gasteiger partial charge in [0.15, 0.2) is 0 Å². The van der Waals surface area contributed by atoms with Crippen molar-refractivity contribution in [2.75, 3.05) is 12.4 Å². The van der Waals surface area contributed by atoms with Gasteiger partial charge in [0.05, 0.1) is 12.0 Å². The van der Waals surface area contributed by atoms with E-state index in [-0.39, 0.29) is 5.92 Å². The predicted octanol–water partition coefficient (Wildman–Crippen LogP) is 1.50. The fourth-order valence-electron chi connectivity index (χ4n) is 1.48. The van der Waals surface area contributed by atoms with Crippen molar-refractivity contribution in [3.8, 4) is 6.07 Å². The molecule has 0 radical (unpaired) electrons. The molecule has 0 aromatic heterocycles. The van der Waals surface area contributed by atoms with Crippen LogP contribution >= 0.6 is 12.6 Å². The Morgan fingerprint density at radius 2 is 2.36 bits per heavy atom. The first-order valence-corrected chi connectivity index (χ1v) is 4.65. The molecule has 0 N–H and O–H groups in total. The number of nitrogens with zero attached hydrogens (tertiary/aromatic N) is 2. The molecule has 0 bridgehead atoms. The van der Waals surface area contributed by atoms with Gasteiger partial charge < -0.3 is 0 Å². The fraction of sp³-hybridized carbons (Fsp3) is 0.875. The van der Waals surface area contributed by atoms with Crippen LogP contribution < -0.4 is 0 Å². The first kappa shape index (κ1) is 8.89. The van der Waals surface area contributed by atoms with Crippen LogP contribution in [0.4, 0.5) is 0 Å². The molecule has 1 saturated heterocycles. The Labute approximate surface area is 73.6 Å². The highest BCUT2D eigenvalue weighted by Gasteiger charge is 2.23. The van der Waals surface area contributed by atoms with Crippen LogP contribution in [0.3, 0.4) is 0 Å². The molecule has 2 unspecified atom stereocenters. The molecule has 62 valence electrons. The molecule has 0 aliphatic carbocycles. The number of hydrogen-bond donors (Lipinski definition) is 1. The smallest absolute Gasteiger partial charge is 0.0669 e. The minimum Gasteiger partial charge on any atom is -0.290 e. The molecule has 0 saturated carbocycles. The van der Waals surface area contributed by atoms with E-state index in [1.807, 2.05) is 0 Å². The van der Waals surface area contributed by atoms with Crippen molar-refractivity contribution in [1.82, 2.24) is 4.90 Å². The Bertz CT molecular complexity index is 164. The van der Waals surface area contributed by atoms with E-state index in [9.17, 15) is 0 Å². The SMILES string of the molecule is CC1CCC(C#N)CN1CS. The molecule has 0 spiro atoms. The van der Waals surface area contributed by atoms with E-state index in [0.29, 0.717) is 6.04 Å². The minimum absolute atomic E-state index is 0.235. The van der Waals surface area contributed by atoms with E-state index in [1.54, 1.807) is 0 Å². The van der Waals surface area contributed by atoms with Gasteiger partial charge in [0, 0.05) is 18.5 Å². The summed E-state index contributed by atoms with van der Waals surface area (Å²) >= 11 is 4.22. The van der Waals surface area contributed by atoms with Crippen LogP contribution in [0.1, 0.15) is 19.8 Å². The highest BCUT2D eigenvalue weighted by Crippen LogP contribution is 2.20. The van der Waals surface area contributed by atoms with Gasteiger partial charge in [0.2, 0.25) is 0 Å². The number of rotatable bonds is 1. The monoisotopic (exact) mass is 170 g/mol. The number of nitriles is 1. The van der Waals surface area contributed by atoms with Crippen molar-refractivity contribution in [2.24, 2.45) is 5.92 Å². The van der Waals surface area contributed by atoms with Gasteiger partial charge in [-0.15, -0.1) is 0 Å². The van der Waals surface area contributed by atoms with Crippen LogP contribution in [-0.2, 0) is 0 Å². The van der Waals surface area contributed by atoms with E-state index >= 15 is 0 Å². The standard InChI is InChI=1S/C8H14N2S/c1-7-2-3-8(4-9)5-10(7)6-11/h7-8,11H,2-3,5-6H2,1H3. The summed E-state index contributed by atoms with van der Waals surface area (Å²) < 4.78 is 0. The van der Waals surface area contributed by atoms with E-state index in [1.165, 1.54) is 0 Å². The summed E-state index contributed by atoms with van der Waals surface area (Å²) in [5, 5.41) is 8.69. The average Bonchev–Trinajstić information content (AvgIpc) is 2.05. The normalized spacial score (nSPS) is 33.2. The van der Waals surface area contributed by atoms with Gasteiger partial charge >= 0.3 is 0 Å². The summed E-state index contributed by atoms with van der Waals surface area (Å²) in [6, 6.07) is 2.92. The van der Waals surface area contributed by atoms with Gasteiger partial charge in [-0.25, -0.2) is 0 Å². The molecule has 2 nitrogen and oxygen atoms in total. The molecule has 1 rings (SSSR count). The van der Waals surface area contributed by atoms with Gasteiger partial charge in [-0.1, -0.05) is 0 Å². The summed E-state index contributed by atoms with van der Waals surface area (Å²) in [6.45, 7) is 3.10. The van der Waals surface area contributed by atoms with Crippen molar-refractivity contribution >= 4 is 12.6 Å². The van der Waals surface area contributed by atoms with E-state index in [4.69, 9.17) is 5.26 Å². The first-order chi connectivity index (χ1) is 5.27. The fourth-order valence-corrected chi connectivity index (χ4v) is 1.88. The average molecular weight is 170 g/mol. The van der Waals surface area contributed by atoms with Crippen molar-refractivity contribution in [1.29, 1.82) is 5.26 Å². The summed E-state index contributed by atoms with van der Waals surface area (Å²) in [6.07, 6.45) is 2.20. The minimum atomic E-state index is 0.235. The van der Waals surface area contributed by atoms with Crippen LogP contribution in [0.25, 0.3) is 0 Å². The van der Waals surface area contributed by atoms with Crippen LogP contribution in [0.2, 0.25) is 0 Å². The zero-order valence-corrected chi connectivity index (χ0v) is 7.72. The quantitative estimate of drug-likeness (QED) is 0.604. The molecule has 1 fully saturated rings. The third-order valence-corrected chi connectivity index (χ3v) is 2.74. The Morgan fingerprint density at radius 3 is 2.91 bits per heavy atom. The van der Waals surface area contributed by atoms with Gasteiger partial charge in [-0.2, -0.15) is 17.9 Å². The highest BCUT2D eigenvalue weighted by molar-refractivity contribution is 7.80. The molecule has 3 heteroatoms. The lowest BCUT2D eigenvalue weighted by atomic mass is 9.95. The molecule has 1 aliphatic heterocycles. The second-order valence-corrected chi connectivity index (χ2v) is 3.45. The number of piperidine rings is 1. The number of thiol groups is 1. The number of hydrogen-bond acceptors (Lipinski definition) is 3. The summed E-state index contributed by atoms with van der Waals surface area (Å²) in [4.78, 5) is 2.25. The van der Waals surface area contributed by atoms with Crippen molar-refractivity contribution < 1.29 is 0 Å². The second kappa shape index (κ2) is 3.99. The van der Waals surface area contributed by atoms with Crippen LogP contribution in [0.15, 0.2) is 0 Å². The Morgan fingerprint density at radius 1 is 1.64 bits per heavy atom. The van der Waals surface area contributed by atoms with Gasteiger partial charge in [-0.05, 0) is 19.8 Å². The van der Waals surface area contributed by atoms with E-state index in [0.717, 1.165) is 25.3 Å². The third-order valence-electron chi connectivity index (χ3n) is 2.38. The maximum atomic E-state index is 8.69. The Kier molecular flexibility index (Phi) is 3.22. The summed E-state index contributed by atoms with van der Waals surface area (Å²) in [7, 11) is 0. The zero-order valence-electron chi connectivity index (χ0n) is 6.82. The molecule has 1 aliphatic rings. The van der Waals surface area contributed by atoms with Gasteiger partial charge in [0.1, 0.15) is 0 Å². The molecular weight excluding hydrogens is 156 g/mol. The van der Waals surface area contributed by atoms with Gasteiger partial charge in [-0.3, -0.25) is 4.90 Å². The molecule has 11 heavy (non-hydrogen) atoms. The van der Waals surface area contributed by atoms with E-state index < -0.39 is 0 Å². The molecule has 2 atom stereocenters. The Balaban J connectivity index is 2.45. The molecular formula is C8H14N2S. The van der Waals surface area contributed by atoms with E-state index in [2.05, 4.69) is 30.5 Å². The molecule has 0 amide bonds. The molecule has 0 aromatic carbocycles. The lowest BCUT2D eigenvalue weighted by Crippen LogP contribution is -2.40. The maximum Gasteiger partial charge on any atom is 0.0669 e. The van der Waals surface area contributed by atoms with Crippen LogP contribution in [0.5, 0.6) is 0 Å².